The zero-order valence-corrected chi connectivity index (χ0v) is 11.4. The first-order chi connectivity index (χ1) is 9.31. The van der Waals surface area contributed by atoms with Crippen molar-refractivity contribution < 1.29 is 19.2 Å². The number of aliphatic hydroxyl groups is 1. The molecule has 0 fully saturated rings. The molecule has 0 saturated heterocycles. The topological polar surface area (TPSA) is 92.5 Å². The number of nitrogens with zero attached hydrogens (tertiary/aromatic N) is 1. The molecule has 110 valence electrons. The Labute approximate surface area is 115 Å². The lowest BCUT2D eigenvalue weighted by Gasteiger charge is -2.25. The Balaban J connectivity index is 2.85. The maximum absolute atomic E-state index is 13.2. The molecule has 1 rings (SSSR count). The highest BCUT2D eigenvalue weighted by Crippen LogP contribution is 2.17. The van der Waals surface area contributed by atoms with E-state index < -0.39 is 27.9 Å². The number of benzene rings is 1. The molecule has 0 unspecified atom stereocenters. The molecular weight excluding hydrogens is 267 g/mol. The van der Waals surface area contributed by atoms with Gasteiger partial charge in [0.15, 0.2) is 0 Å². The van der Waals surface area contributed by atoms with E-state index in [9.17, 15) is 24.4 Å². The molecule has 0 spiro atoms. The van der Waals surface area contributed by atoms with Gasteiger partial charge in [-0.25, -0.2) is 4.39 Å². The largest absolute Gasteiger partial charge is 0.388 e. The van der Waals surface area contributed by atoms with Gasteiger partial charge in [-0.3, -0.25) is 14.9 Å². The van der Waals surface area contributed by atoms with Gasteiger partial charge >= 0.3 is 0 Å². The number of hydrogen-bond donors (Lipinski definition) is 2. The van der Waals surface area contributed by atoms with Gasteiger partial charge < -0.3 is 10.4 Å². The van der Waals surface area contributed by atoms with Gasteiger partial charge in [-0.15, -0.1) is 0 Å². The molecule has 0 saturated carbocycles. The molecule has 6 nitrogen and oxygen atoms in total. The van der Waals surface area contributed by atoms with Crippen LogP contribution in [-0.2, 0) is 0 Å². The Morgan fingerprint density at radius 2 is 2.00 bits per heavy atom. The third-order valence-electron chi connectivity index (χ3n) is 3.25. The molecule has 0 heterocycles. The van der Waals surface area contributed by atoms with E-state index in [1.54, 1.807) is 13.8 Å². The van der Waals surface area contributed by atoms with Crippen LogP contribution in [0.15, 0.2) is 18.2 Å². The summed E-state index contributed by atoms with van der Waals surface area (Å²) in [5.41, 5.74) is -1.67. The average molecular weight is 284 g/mol. The summed E-state index contributed by atoms with van der Waals surface area (Å²) in [4.78, 5) is 21.7. The van der Waals surface area contributed by atoms with Crippen LogP contribution >= 0.6 is 0 Å². The maximum Gasteiger partial charge on any atom is 0.273 e. The molecule has 0 radical (unpaired) electrons. The van der Waals surface area contributed by atoms with Crippen LogP contribution in [-0.4, -0.2) is 28.1 Å². The van der Waals surface area contributed by atoms with Crippen molar-refractivity contribution in [1.82, 2.24) is 5.32 Å². The third-order valence-corrected chi connectivity index (χ3v) is 3.25. The average Bonchev–Trinajstić information content (AvgIpc) is 2.43. The lowest BCUT2D eigenvalue weighted by Crippen LogP contribution is -2.42. The Morgan fingerprint density at radius 1 is 1.40 bits per heavy atom. The normalized spacial score (nSPS) is 11.2. The van der Waals surface area contributed by atoms with Crippen LogP contribution in [0, 0.1) is 15.9 Å². The monoisotopic (exact) mass is 284 g/mol. The molecule has 0 bridgehead atoms. The SMILES string of the molecule is CCC(O)(CC)CNC(=O)c1cc(F)cc([N+](=O)[O-])c1. The zero-order valence-electron chi connectivity index (χ0n) is 11.4. The predicted octanol–water partition coefficient (Wildman–Crippen LogP) is 2.01. The van der Waals surface area contributed by atoms with Gasteiger partial charge in [0.2, 0.25) is 0 Å². The number of rotatable bonds is 6. The highest BCUT2D eigenvalue weighted by atomic mass is 19.1. The first-order valence-corrected chi connectivity index (χ1v) is 6.27. The second-order valence-electron chi connectivity index (χ2n) is 4.57. The van der Waals surface area contributed by atoms with Gasteiger partial charge in [-0.2, -0.15) is 0 Å². The van der Waals surface area contributed by atoms with Gasteiger partial charge in [0.1, 0.15) is 5.82 Å². The Morgan fingerprint density at radius 3 is 2.50 bits per heavy atom. The van der Waals surface area contributed by atoms with Crippen molar-refractivity contribution in [2.75, 3.05) is 6.54 Å². The number of amides is 1. The van der Waals surface area contributed by atoms with Gasteiger partial charge in [0.05, 0.1) is 16.6 Å². The van der Waals surface area contributed by atoms with E-state index in [0.717, 1.165) is 18.2 Å². The van der Waals surface area contributed by atoms with Crippen LogP contribution in [0.4, 0.5) is 10.1 Å². The molecule has 2 N–H and O–H groups in total. The van der Waals surface area contributed by atoms with E-state index in [0.29, 0.717) is 12.8 Å². The van der Waals surface area contributed by atoms with Crippen molar-refractivity contribution in [3.63, 3.8) is 0 Å². The Kier molecular flexibility index (Phi) is 5.15. The Bertz CT molecular complexity index is 515. The van der Waals surface area contributed by atoms with Gasteiger partial charge in [-0.05, 0) is 18.9 Å². The van der Waals surface area contributed by atoms with E-state index in [1.807, 2.05) is 0 Å². The van der Waals surface area contributed by atoms with Crippen molar-refractivity contribution in [2.24, 2.45) is 0 Å². The molecule has 0 atom stereocenters. The van der Waals surface area contributed by atoms with Crippen LogP contribution in [0.1, 0.15) is 37.0 Å². The number of halogens is 1. The smallest absolute Gasteiger partial charge is 0.273 e. The fourth-order valence-corrected chi connectivity index (χ4v) is 1.66. The molecule has 7 heteroatoms. The van der Waals surface area contributed by atoms with E-state index in [1.165, 1.54) is 0 Å². The molecule has 0 aliphatic carbocycles. The van der Waals surface area contributed by atoms with Gasteiger partial charge in [0, 0.05) is 18.2 Å². The molecule has 1 aromatic rings. The highest BCUT2D eigenvalue weighted by molar-refractivity contribution is 5.94. The molecule has 1 amide bonds. The number of carbonyl (C=O) groups excluding carboxylic acids is 1. The quantitative estimate of drug-likeness (QED) is 0.617. The lowest BCUT2D eigenvalue weighted by molar-refractivity contribution is -0.385. The minimum absolute atomic E-state index is 0.00312. The lowest BCUT2D eigenvalue weighted by atomic mass is 9.97. The molecular formula is C13H17FN2O4. The fraction of sp³-hybridized carbons (Fsp3) is 0.462. The van der Waals surface area contributed by atoms with Crippen LogP contribution in [0.25, 0.3) is 0 Å². The predicted molar refractivity (Wildman–Crippen MR) is 70.9 cm³/mol. The molecule has 0 aliphatic heterocycles. The van der Waals surface area contributed by atoms with Crippen molar-refractivity contribution >= 4 is 11.6 Å². The first-order valence-electron chi connectivity index (χ1n) is 6.27. The number of nitro benzene ring substituents is 1. The molecule has 0 aromatic heterocycles. The summed E-state index contributed by atoms with van der Waals surface area (Å²) in [5, 5.41) is 23.1. The first kappa shape index (κ1) is 16.0. The summed E-state index contributed by atoms with van der Waals surface area (Å²) in [6, 6.07) is 2.65. The van der Waals surface area contributed by atoms with Crippen molar-refractivity contribution in [3.05, 3.63) is 39.7 Å². The summed E-state index contributed by atoms with van der Waals surface area (Å²) < 4.78 is 13.2. The minimum atomic E-state index is -1.03. The second-order valence-corrected chi connectivity index (χ2v) is 4.57. The maximum atomic E-state index is 13.2. The number of non-ortho nitro benzene ring substituents is 1. The van der Waals surface area contributed by atoms with E-state index in [2.05, 4.69) is 5.32 Å². The second kappa shape index (κ2) is 6.42. The molecule has 1 aromatic carbocycles. The van der Waals surface area contributed by atoms with Crippen molar-refractivity contribution in [1.29, 1.82) is 0 Å². The van der Waals surface area contributed by atoms with Crippen LogP contribution in [0.5, 0.6) is 0 Å². The van der Waals surface area contributed by atoms with Gasteiger partial charge in [-0.1, -0.05) is 13.8 Å². The van der Waals surface area contributed by atoms with Crippen LogP contribution in [0.2, 0.25) is 0 Å². The standard InChI is InChI=1S/C13H17FN2O4/c1-3-13(18,4-2)8-15-12(17)9-5-10(14)7-11(6-9)16(19)20/h5-7,18H,3-4,8H2,1-2H3,(H,15,17). The molecule has 0 aliphatic rings. The number of nitro groups is 1. The van der Waals surface area contributed by atoms with Crippen LogP contribution < -0.4 is 5.32 Å². The minimum Gasteiger partial charge on any atom is -0.388 e. The van der Waals surface area contributed by atoms with E-state index in [-0.39, 0.29) is 12.1 Å². The fourth-order valence-electron chi connectivity index (χ4n) is 1.66. The summed E-state index contributed by atoms with van der Waals surface area (Å²) in [6.45, 7) is 3.56. The number of hydrogen-bond acceptors (Lipinski definition) is 4. The van der Waals surface area contributed by atoms with Crippen molar-refractivity contribution in [2.45, 2.75) is 32.3 Å². The zero-order chi connectivity index (χ0) is 15.3. The van der Waals surface area contributed by atoms with Crippen LogP contribution in [0.3, 0.4) is 0 Å². The van der Waals surface area contributed by atoms with E-state index >= 15 is 0 Å². The van der Waals surface area contributed by atoms with E-state index in [4.69, 9.17) is 0 Å². The summed E-state index contributed by atoms with van der Waals surface area (Å²) in [6.07, 6.45) is 0.903. The highest BCUT2D eigenvalue weighted by Gasteiger charge is 2.23. The summed E-state index contributed by atoms with van der Waals surface area (Å²) in [7, 11) is 0. The summed E-state index contributed by atoms with van der Waals surface area (Å²) >= 11 is 0. The van der Waals surface area contributed by atoms with Gasteiger partial charge in [0.25, 0.3) is 11.6 Å². The Hall–Kier alpha value is -2.02. The summed E-state index contributed by atoms with van der Waals surface area (Å²) in [5.74, 6) is -1.52. The number of carbonyl (C=O) groups is 1. The number of nitrogens with one attached hydrogen (secondary N) is 1. The molecule has 20 heavy (non-hydrogen) atoms. The van der Waals surface area contributed by atoms with Crippen molar-refractivity contribution in [3.8, 4) is 0 Å². The third kappa shape index (κ3) is 3.99.